The second-order valence-corrected chi connectivity index (χ2v) is 6.39. The standard InChI is InChI=1S/3C7H6O2.C7H7O.Pb/c3*8-7(9)6-4-2-1-3-5-6;1-8-7-5-3-2-4-6-7;/h3*1-5H,(H,8,9);2-5H,1H3;/p-3. The Balaban J connectivity index is 0.000000450. The fourth-order valence-corrected chi connectivity index (χ4v) is 2.23. The average Bonchev–Trinajstić information content (AvgIpc) is 2.91. The van der Waals surface area contributed by atoms with Gasteiger partial charge in [-0.05, 0) is 22.8 Å². The Morgan fingerprint density at radius 3 is 1.03 bits per heavy atom. The zero-order chi connectivity index (χ0) is 25.9. The van der Waals surface area contributed by atoms with Gasteiger partial charge in [-0.3, -0.25) is 0 Å². The van der Waals surface area contributed by atoms with E-state index in [-0.39, 0.29) is 44.0 Å². The number of carboxylic acid groups (broad SMARTS) is 3. The number of rotatable bonds is 4. The van der Waals surface area contributed by atoms with Crippen LogP contribution in [0.5, 0.6) is 5.75 Å². The van der Waals surface area contributed by atoms with Crippen molar-refractivity contribution in [2.24, 2.45) is 0 Å². The summed E-state index contributed by atoms with van der Waals surface area (Å²) < 4.78 is 4.86. The van der Waals surface area contributed by atoms with E-state index < -0.39 is 17.9 Å². The molecule has 7 nitrogen and oxygen atoms in total. The van der Waals surface area contributed by atoms with Gasteiger partial charge in [-0.2, -0.15) is 0 Å². The molecular formula is C28H22O7Pb-3. The van der Waals surface area contributed by atoms with Gasteiger partial charge >= 0.3 is 0 Å². The number of hydrogen-bond acceptors (Lipinski definition) is 7. The first-order valence-electron chi connectivity index (χ1n) is 10.1. The van der Waals surface area contributed by atoms with Crippen LogP contribution in [0.3, 0.4) is 0 Å². The van der Waals surface area contributed by atoms with E-state index >= 15 is 0 Å². The van der Waals surface area contributed by atoms with Crippen molar-refractivity contribution in [1.29, 1.82) is 0 Å². The summed E-state index contributed by atoms with van der Waals surface area (Å²) in [6.45, 7) is 0. The Morgan fingerprint density at radius 1 is 0.556 bits per heavy atom. The third-order valence-electron chi connectivity index (χ3n) is 3.93. The molecule has 0 aromatic heterocycles. The summed E-state index contributed by atoms with van der Waals surface area (Å²) in [6.07, 6.45) is 0. The Morgan fingerprint density at radius 2 is 0.861 bits per heavy atom. The van der Waals surface area contributed by atoms with Gasteiger partial charge in [0.05, 0.1) is 25.0 Å². The Bertz CT molecular complexity index is 1020. The summed E-state index contributed by atoms with van der Waals surface area (Å²) >= 11 is 0. The normalized spacial score (nSPS) is 8.58. The second kappa shape index (κ2) is 19.3. The number of benzene rings is 4. The minimum Gasteiger partial charge on any atom is -0.545 e. The molecule has 0 saturated carbocycles. The van der Waals surface area contributed by atoms with Gasteiger partial charge in [-0.25, -0.2) is 0 Å². The summed E-state index contributed by atoms with van der Waals surface area (Å²) in [4.78, 5) is 30.3. The van der Waals surface area contributed by atoms with Crippen LogP contribution < -0.4 is 20.1 Å². The minimum absolute atomic E-state index is 0. The maximum Gasteiger partial charge on any atom is 0.126 e. The SMILES string of the molecule is COc1[c]cccc1.O=C([O-])c1ccccc1.O=C([O-])c1ccccc1.O=C([O-])c1ccccc1.[Pb]. The largest absolute Gasteiger partial charge is 0.545 e. The van der Waals surface area contributed by atoms with Crippen molar-refractivity contribution in [3.05, 3.63) is 138 Å². The Labute approximate surface area is 229 Å². The van der Waals surface area contributed by atoms with E-state index in [0.717, 1.165) is 5.75 Å². The zero-order valence-corrected chi connectivity index (χ0v) is 23.2. The van der Waals surface area contributed by atoms with E-state index in [9.17, 15) is 29.7 Å². The van der Waals surface area contributed by atoms with E-state index in [0.29, 0.717) is 0 Å². The van der Waals surface area contributed by atoms with Gasteiger partial charge in [-0.1, -0.05) is 109 Å². The van der Waals surface area contributed by atoms with Gasteiger partial charge in [0.25, 0.3) is 0 Å². The van der Waals surface area contributed by atoms with Gasteiger partial charge in [0.15, 0.2) is 0 Å². The van der Waals surface area contributed by atoms with E-state index in [1.54, 1.807) is 61.7 Å². The third kappa shape index (κ3) is 14.3. The molecule has 0 atom stereocenters. The van der Waals surface area contributed by atoms with Crippen LogP contribution in [-0.2, 0) is 0 Å². The molecule has 0 aliphatic rings. The molecule has 0 aliphatic heterocycles. The molecule has 4 aromatic carbocycles. The molecule has 0 amide bonds. The predicted molar refractivity (Wildman–Crippen MR) is 130 cm³/mol. The second-order valence-electron chi connectivity index (χ2n) is 6.39. The summed E-state index contributed by atoms with van der Waals surface area (Å²) in [5, 5.41) is 30.3. The quantitative estimate of drug-likeness (QED) is 0.298. The van der Waals surface area contributed by atoms with Gasteiger partial charge in [0.2, 0.25) is 0 Å². The summed E-state index contributed by atoms with van der Waals surface area (Å²) in [5.41, 5.74) is 0.660. The number of carboxylic acids is 3. The van der Waals surface area contributed by atoms with E-state index in [1.807, 2.05) is 24.3 Å². The molecule has 4 rings (SSSR count). The molecule has 5 radical (unpaired) electrons. The first kappa shape index (κ1) is 32.0. The van der Waals surface area contributed by atoms with Crippen LogP contribution in [0.1, 0.15) is 31.1 Å². The molecule has 0 spiro atoms. The fourth-order valence-electron chi connectivity index (χ4n) is 2.23. The minimum atomic E-state index is -1.13. The molecule has 36 heavy (non-hydrogen) atoms. The first-order valence-corrected chi connectivity index (χ1v) is 10.1. The van der Waals surface area contributed by atoms with Crippen LogP contribution in [0, 0.1) is 6.07 Å². The molecule has 0 bridgehead atoms. The zero-order valence-electron chi connectivity index (χ0n) is 19.3. The van der Waals surface area contributed by atoms with Crippen LogP contribution in [-0.4, -0.2) is 52.3 Å². The molecular weight excluding hydrogens is 656 g/mol. The smallest absolute Gasteiger partial charge is 0.126 e. The number of hydrogen-bond donors (Lipinski definition) is 0. The molecule has 183 valence electrons. The van der Waals surface area contributed by atoms with Crippen molar-refractivity contribution in [2.75, 3.05) is 7.11 Å². The molecule has 0 fully saturated rings. The van der Waals surface area contributed by atoms with Crippen molar-refractivity contribution in [3.8, 4) is 5.75 Å². The molecule has 8 heteroatoms. The summed E-state index contributed by atoms with van der Waals surface area (Å²) in [5.74, 6) is -2.60. The average molecular weight is 678 g/mol. The molecule has 4 aromatic rings. The number of aromatic carboxylic acids is 3. The topological polar surface area (TPSA) is 130 Å². The number of carbonyl (C=O) groups is 3. The number of methoxy groups -OCH3 is 1. The van der Waals surface area contributed by atoms with Crippen LogP contribution in [0.25, 0.3) is 0 Å². The number of carbonyl (C=O) groups excluding carboxylic acids is 3. The maximum absolute atomic E-state index is 10.1. The van der Waals surface area contributed by atoms with E-state index in [1.165, 1.54) is 36.4 Å². The monoisotopic (exact) mass is 678 g/mol. The van der Waals surface area contributed by atoms with Crippen molar-refractivity contribution in [3.63, 3.8) is 0 Å². The molecule has 0 N–H and O–H groups in total. The summed E-state index contributed by atoms with van der Waals surface area (Å²) in [7, 11) is 1.63. The van der Waals surface area contributed by atoms with Crippen LogP contribution in [0.15, 0.2) is 115 Å². The Kier molecular flexibility index (Phi) is 17.2. The van der Waals surface area contributed by atoms with Gasteiger partial charge in [0.1, 0.15) is 5.75 Å². The van der Waals surface area contributed by atoms with Crippen LogP contribution in [0.4, 0.5) is 0 Å². The maximum atomic E-state index is 10.1. The molecule has 0 unspecified atom stereocenters. The third-order valence-corrected chi connectivity index (χ3v) is 3.93. The first-order chi connectivity index (χ1) is 16.8. The van der Waals surface area contributed by atoms with Gasteiger partial charge in [0, 0.05) is 33.4 Å². The van der Waals surface area contributed by atoms with Crippen molar-refractivity contribution >= 4 is 45.2 Å². The number of ether oxygens (including phenoxy) is 1. The van der Waals surface area contributed by atoms with Crippen molar-refractivity contribution < 1.29 is 34.4 Å². The molecule has 0 aliphatic carbocycles. The predicted octanol–water partition coefficient (Wildman–Crippen LogP) is 1.26. The van der Waals surface area contributed by atoms with Crippen molar-refractivity contribution in [1.82, 2.24) is 0 Å². The summed E-state index contributed by atoms with van der Waals surface area (Å²) in [6, 6.07) is 34.6. The molecule has 0 saturated heterocycles. The molecule has 0 heterocycles. The van der Waals surface area contributed by atoms with Gasteiger partial charge < -0.3 is 34.4 Å². The van der Waals surface area contributed by atoms with Gasteiger partial charge in [-0.15, -0.1) is 0 Å². The van der Waals surface area contributed by atoms with E-state index in [4.69, 9.17) is 4.74 Å². The van der Waals surface area contributed by atoms with E-state index in [2.05, 4.69) is 6.07 Å². The fraction of sp³-hybridized carbons (Fsp3) is 0.0357. The Hall–Kier alpha value is -3.99. The van der Waals surface area contributed by atoms with Crippen LogP contribution >= 0.6 is 0 Å². The number of para-hydroxylation sites is 1. The van der Waals surface area contributed by atoms with Crippen LogP contribution in [0.2, 0.25) is 0 Å². The van der Waals surface area contributed by atoms with Crippen molar-refractivity contribution in [2.45, 2.75) is 0 Å².